The number of rotatable bonds is 7. The van der Waals surface area contributed by atoms with Crippen LogP contribution in [-0.4, -0.2) is 57.1 Å². The maximum absolute atomic E-state index is 11.3. The Morgan fingerprint density at radius 1 is 1.23 bits per heavy atom. The van der Waals surface area contributed by atoms with Crippen molar-refractivity contribution in [2.75, 3.05) is 18.0 Å². The summed E-state index contributed by atoms with van der Waals surface area (Å²) in [4.78, 5) is 34.4. The van der Waals surface area contributed by atoms with E-state index in [-0.39, 0.29) is 11.7 Å². The molecule has 0 spiro atoms. The molecule has 3 rings (SSSR count). The Bertz CT molecular complexity index is 586. The molecule has 22 heavy (non-hydrogen) atoms. The summed E-state index contributed by atoms with van der Waals surface area (Å²) < 4.78 is 0. The summed E-state index contributed by atoms with van der Waals surface area (Å²) in [6.07, 6.45) is 4.55. The van der Waals surface area contributed by atoms with E-state index >= 15 is 0 Å². The third-order valence-corrected chi connectivity index (χ3v) is 3.96. The number of amides is 2. The van der Waals surface area contributed by atoms with E-state index < -0.39 is 12.0 Å². The summed E-state index contributed by atoms with van der Waals surface area (Å²) in [5.41, 5.74) is 5.42. The molecule has 2 aliphatic rings. The molecule has 1 heterocycles. The molecule has 0 radical (unpaired) electrons. The fourth-order valence-electron chi connectivity index (χ4n) is 2.49. The largest absolute Gasteiger partial charge is 0.465 e. The quantitative estimate of drug-likeness (QED) is 0.766. The number of primary amides is 1. The molecule has 1 aromatic heterocycles. The lowest BCUT2D eigenvalue weighted by molar-refractivity contribution is 0.0995. The van der Waals surface area contributed by atoms with Crippen LogP contribution in [0.4, 0.5) is 10.7 Å². The van der Waals surface area contributed by atoms with Gasteiger partial charge in [0.1, 0.15) is 5.69 Å². The maximum Gasteiger partial charge on any atom is 0.407 e. The van der Waals surface area contributed by atoms with Crippen molar-refractivity contribution in [3.63, 3.8) is 0 Å². The molecular weight excluding hydrogens is 286 g/mol. The summed E-state index contributed by atoms with van der Waals surface area (Å²) in [6, 6.07) is 1.94. The summed E-state index contributed by atoms with van der Waals surface area (Å²) in [6.45, 7) is 0.941. The van der Waals surface area contributed by atoms with E-state index in [0.29, 0.717) is 25.1 Å². The van der Waals surface area contributed by atoms with Crippen molar-refractivity contribution in [3.8, 4) is 0 Å². The van der Waals surface area contributed by atoms with Crippen LogP contribution in [-0.2, 0) is 0 Å². The molecule has 1 aromatic rings. The smallest absolute Gasteiger partial charge is 0.407 e. The first-order valence-electron chi connectivity index (χ1n) is 7.45. The number of carbonyl (C=O) groups is 2. The second-order valence-electron chi connectivity index (χ2n) is 5.74. The van der Waals surface area contributed by atoms with Crippen molar-refractivity contribution < 1.29 is 14.7 Å². The minimum Gasteiger partial charge on any atom is -0.465 e. The number of nitrogens with two attached hydrogens (primary N) is 1. The first kappa shape index (κ1) is 14.6. The molecule has 8 nitrogen and oxygen atoms in total. The molecule has 2 amide bonds. The zero-order chi connectivity index (χ0) is 15.7. The Balaban J connectivity index is 1.71. The highest BCUT2D eigenvalue weighted by Gasteiger charge is 2.35. The lowest BCUT2D eigenvalue weighted by Crippen LogP contribution is -2.41. The lowest BCUT2D eigenvalue weighted by Gasteiger charge is -2.26. The van der Waals surface area contributed by atoms with Crippen LogP contribution in [0.5, 0.6) is 0 Å². The summed E-state index contributed by atoms with van der Waals surface area (Å²) in [5.74, 6) is -0.149. The molecule has 0 bridgehead atoms. The van der Waals surface area contributed by atoms with Gasteiger partial charge in [-0.05, 0) is 31.7 Å². The molecule has 118 valence electrons. The Labute approximate surface area is 127 Å². The topological polar surface area (TPSA) is 113 Å². The second-order valence-corrected chi connectivity index (χ2v) is 5.74. The Kier molecular flexibility index (Phi) is 3.82. The predicted molar refractivity (Wildman–Crippen MR) is 78.7 cm³/mol. The van der Waals surface area contributed by atoms with Crippen molar-refractivity contribution in [1.82, 2.24) is 14.9 Å². The van der Waals surface area contributed by atoms with Gasteiger partial charge in [0.15, 0.2) is 0 Å². The zero-order valence-electron chi connectivity index (χ0n) is 12.2. The molecule has 0 unspecified atom stereocenters. The highest BCUT2D eigenvalue weighted by molar-refractivity contribution is 5.90. The van der Waals surface area contributed by atoms with Gasteiger partial charge in [0.2, 0.25) is 5.95 Å². The third kappa shape index (κ3) is 3.26. The first-order valence-corrected chi connectivity index (χ1v) is 7.45. The van der Waals surface area contributed by atoms with Crippen molar-refractivity contribution in [3.05, 3.63) is 18.0 Å². The molecule has 0 aliphatic heterocycles. The zero-order valence-corrected chi connectivity index (χ0v) is 12.2. The number of nitrogens with zero attached hydrogens (tertiary/aromatic N) is 4. The summed E-state index contributed by atoms with van der Waals surface area (Å²) >= 11 is 0. The van der Waals surface area contributed by atoms with Crippen LogP contribution in [0.3, 0.4) is 0 Å². The minimum atomic E-state index is -0.884. The Morgan fingerprint density at radius 3 is 2.45 bits per heavy atom. The van der Waals surface area contributed by atoms with Gasteiger partial charge < -0.3 is 20.6 Å². The predicted octanol–water partition coefficient (Wildman–Crippen LogP) is 0.687. The van der Waals surface area contributed by atoms with E-state index in [0.717, 1.165) is 25.7 Å². The van der Waals surface area contributed by atoms with E-state index in [4.69, 9.17) is 5.73 Å². The molecule has 0 saturated heterocycles. The van der Waals surface area contributed by atoms with E-state index in [2.05, 4.69) is 9.97 Å². The molecule has 0 atom stereocenters. The van der Waals surface area contributed by atoms with Gasteiger partial charge in [0.25, 0.3) is 5.91 Å². The highest BCUT2D eigenvalue weighted by Crippen LogP contribution is 2.31. The number of hydrogen-bond donors (Lipinski definition) is 2. The number of anilines is 1. The van der Waals surface area contributed by atoms with E-state index in [9.17, 15) is 14.7 Å². The minimum absolute atomic E-state index is 0.149. The molecule has 0 aromatic carbocycles. The molecule has 8 heteroatoms. The molecule has 2 aliphatic carbocycles. The maximum atomic E-state index is 11.3. The molecular formula is C14H19N5O3. The fourth-order valence-corrected chi connectivity index (χ4v) is 2.49. The van der Waals surface area contributed by atoms with Crippen molar-refractivity contribution in [1.29, 1.82) is 0 Å². The van der Waals surface area contributed by atoms with Crippen LogP contribution >= 0.6 is 0 Å². The van der Waals surface area contributed by atoms with Crippen LogP contribution in [0.2, 0.25) is 0 Å². The molecule has 2 saturated carbocycles. The van der Waals surface area contributed by atoms with Crippen molar-refractivity contribution in [2.24, 2.45) is 5.73 Å². The summed E-state index contributed by atoms with van der Waals surface area (Å²) in [5, 5.41) is 9.25. The summed E-state index contributed by atoms with van der Waals surface area (Å²) in [7, 11) is 0. The van der Waals surface area contributed by atoms with Crippen LogP contribution in [0.15, 0.2) is 12.3 Å². The number of carbonyl (C=O) groups excluding carboxylic acids is 1. The third-order valence-electron chi connectivity index (χ3n) is 3.96. The van der Waals surface area contributed by atoms with Gasteiger partial charge >= 0.3 is 6.09 Å². The monoisotopic (exact) mass is 305 g/mol. The molecule has 3 N–H and O–H groups in total. The first-order chi connectivity index (χ1) is 10.6. The lowest BCUT2D eigenvalue weighted by atomic mass is 10.4. The van der Waals surface area contributed by atoms with Gasteiger partial charge in [-0.1, -0.05) is 0 Å². The van der Waals surface area contributed by atoms with Crippen LogP contribution in [0, 0.1) is 0 Å². The average molecular weight is 305 g/mol. The average Bonchev–Trinajstić information content (AvgIpc) is 3.36. The van der Waals surface area contributed by atoms with Crippen LogP contribution in [0.25, 0.3) is 0 Å². The van der Waals surface area contributed by atoms with E-state index in [1.165, 1.54) is 17.2 Å². The number of hydrogen-bond acceptors (Lipinski definition) is 5. The van der Waals surface area contributed by atoms with Gasteiger partial charge in [-0.25, -0.2) is 14.8 Å². The van der Waals surface area contributed by atoms with Gasteiger partial charge in [0, 0.05) is 31.4 Å². The fraction of sp³-hybridized carbons (Fsp3) is 0.571. The molecule has 2 fully saturated rings. The van der Waals surface area contributed by atoms with Crippen molar-refractivity contribution in [2.45, 2.75) is 37.8 Å². The normalized spacial score (nSPS) is 17.1. The number of aromatic nitrogens is 2. The van der Waals surface area contributed by atoms with Crippen LogP contribution in [0.1, 0.15) is 36.2 Å². The van der Waals surface area contributed by atoms with E-state index in [1.54, 1.807) is 0 Å². The SMILES string of the molecule is NC(=O)c1ccnc(N(CCN(C(=O)O)C2CC2)C2CC2)n1. The van der Waals surface area contributed by atoms with Crippen LogP contribution < -0.4 is 10.6 Å². The highest BCUT2D eigenvalue weighted by atomic mass is 16.4. The van der Waals surface area contributed by atoms with Crippen molar-refractivity contribution >= 4 is 17.9 Å². The van der Waals surface area contributed by atoms with Gasteiger partial charge in [-0.15, -0.1) is 0 Å². The van der Waals surface area contributed by atoms with Gasteiger partial charge in [0.05, 0.1) is 0 Å². The van der Waals surface area contributed by atoms with Gasteiger partial charge in [-0.2, -0.15) is 0 Å². The number of carboxylic acid groups (broad SMARTS) is 1. The second kappa shape index (κ2) is 5.78. The van der Waals surface area contributed by atoms with Gasteiger partial charge in [-0.3, -0.25) is 4.79 Å². The van der Waals surface area contributed by atoms with E-state index in [1.807, 2.05) is 4.90 Å². The standard InChI is InChI=1S/C14H19N5O3/c15-12(20)11-5-6-16-13(17-11)18(9-1-2-9)7-8-19(14(21)22)10-3-4-10/h5-6,9-10H,1-4,7-8H2,(H2,15,20)(H,21,22). The Morgan fingerprint density at radius 2 is 1.91 bits per heavy atom. The Hall–Kier alpha value is -2.38.